The first-order valence-corrected chi connectivity index (χ1v) is 27.3. The Morgan fingerprint density at radius 2 is 0.973 bits per heavy atom. The van der Waals surface area contributed by atoms with Crippen LogP contribution < -0.4 is 24.3 Å². The summed E-state index contributed by atoms with van der Waals surface area (Å²) in [6.07, 6.45) is 16.5. The van der Waals surface area contributed by atoms with Crippen molar-refractivity contribution in [3.63, 3.8) is 0 Å². The number of nitrogens with zero attached hydrogens (tertiary/aromatic N) is 2. The summed E-state index contributed by atoms with van der Waals surface area (Å²) >= 11 is 0. The predicted octanol–water partition coefficient (Wildman–Crippen LogP) is 11.0. The van der Waals surface area contributed by atoms with Crippen molar-refractivity contribution in [2.75, 3.05) is 111 Å². The normalized spacial score (nSPS) is 15.4. The van der Waals surface area contributed by atoms with E-state index in [9.17, 15) is 9.59 Å². The second-order valence-electron chi connectivity index (χ2n) is 18.2. The number of fused-ring (bicyclic) bond motifs is 1. The molecule has 4 aromatic rings. The average molecular weight is 1030 g/mol. The predicted molar refractivity (Wildman–Crippen MR) is 288 cm³/mol. The van der Waals surface area contributed by atoms with Crippen molar-refractivity contribution >= 4 is 28.5 Å². The standard InChI is InChI=1S/C59H83N3O12/c1-3-5-7-9-11-13-17-49(18-14-12-10-8-6-4-2)59(64)62-57-30-22-48-21-28-54(60-58(48)61-57)55(63)20-16-15-19-50-47-53-27-29-56(50)74-46-42-70-38-34-66-32-36-68-40-44-72-52-25-23-51(24-26-52)71-43-39-67-35-31-65-33-37-69-41-45-73-53/h21-30,47,49H,3-14,16-18,20,31-46H2,1-2H3,(H,60,61,62,64). The summed E-state index contributed by atoms with van der Waals surface area (Å²) in [5.41, 5.74) is 1.33. The minimum atomic E-state index is -0.154. The number of amides is 1. The van der Waals surface area contributed by atoms with Crippen LogP contribution in [0.5, 0.6) is 23.0 Å². The molecule has 0 unspecified atom stereocenters. The SMILES string of the molecule is CCCCCCCCC(CCCCCCCC)C(=O)Nc1ccc2ccc(C(=O)CCC#Cc3cc4ccc3OCCOCCOCCOCCOc3ccc(cc3)OCCOCCOCCOCCO4)nc2n1. The summed E-state index contributed by atoms with van der Waals surface area (Å²) in [6, 6.07) is 20.2. The van der Waals surface area contributed by atoms with Gasteiger partial charge in [0.05, 0.1) is 84.8 Å². The van der Waals surface area contributed by atoms with E-state index in [4.69, 9.17) is 47.4 Å². The number of benzene rings is 2. The maximum absolute atomic E-state index is 13.7. The van der Waals surface area contributed by atoms with E-state index in [1.165, 1.54) is 51.4 Å². The van der Waals surface area contributed by atoms with E-state index in [1.54, 1.807) is 6.07 Å². The lowest BCUT2D eigenvalue weighted by Gasteiger charge is -2.17. The molecule has 15 heteroatoms. The minimum Gasteiger partial charge on any atom is -0.491 e. The Balaban J connectivity index is 1.12. The molecule has 15 nitrogen and oxygen atoms in total. The number of carbonyl (C=O) groups is 2. The quantitative estimate of drug-likeness (QED) is 0.0536. The molecule has 0 atom stereocenters. The van der Waals surface area contributed by atoms with E-state index in [0.29, 0.717) is 140 Å². The van der Waals surface area contributed by atoms with Crippen molar-refractivity contribution in [1.29, 1.82) is 0 Å². The molecule has 0 saturated carbocycles. The van der Waals surface area contributed by atoms with Crippen LogP contribution in [0.15, 0.2) is 66.7 Å². The zero-order valence-corrected chi connectivity index (χ0v) is 44.3. The lowest BCUT2D eigenvalue weighted by atomic mass is 9.93. The lowest BCUT2D eigenvalue weighted by molar-refractivity contribution is -0.120. The van der Waals surface area contributed by atoms with Crippen LogP contribution >= 0.6 is 0 Å². The molecule has 1 N–H and O–H groups in total. The molecule has 0 radical (unpaired) electrons. The highest BCUT2D eigenvalue weighted by Gasteiger charge is 2.19. The minimum absolute atomic E-state index is 0.0122. The van der Waals surface area contributed by atoms with Crippen LogP contribution in [0.25, 0.3) is 11.0 Å². The summed E-state index contributed by atoms with van der Waals surface area (Å²) in [5.74, 6) is 9.24. The van der Waals surface area contributed by atoms with E-state index in [1.807, 2.05) is 60.7 Å². The summed E-state index contributed by atoms with van der Waals surface area (Å²) in [4.78, 5) is 36.5. The number of ketones is 1. The van der Waals surface area contributed by atoms with E-state index in [0.717, 1.165) is 55.4 Å². The average Bonchev–Trinajstić information content (AvgIpc) is 3.41. The first-order chi connectivity index (χ1) is 36.5. The van der Waals surface area contributed by atoms with Gasteiger partial charge in [-0.1, -0.05) is 103 Å². The summed E-state index contributed by atoms with van der Waals surface area (Å²) < 4.78 is 57.6. The molecule has 4 bridgehead atoms. The zero-order chi connectivity index (χ0) is 51.9. The van der Waals surface area contributed by atoms with Crippen molar-refractivity contribution in [2.45, 2.75) is 117 Å². The van der Waals surface area contributed by atoms with Gasteiger partial charge in [0, 0.05) is 24.1 Å². The van der Waals surface area contributed by atoms with Gasteiger partial charge in [-0.3, -0.25) is 9.59 Å². The Bertz CT molecular complexity index is 2200. The molecule has 0 fully saturated rings. The number of ether oxygens (including phenoxy) is 10. The molecule has 0 saturated heterocycles. The summed E-state index contributed by atoms with van der Waals surface area (Å²) in [6.45, 7) is 10.9. The maximum atomic E-state index is 13.7. The maximum Gasteiger partial charge on any atom is 0.228 e. The molecule has 1 amide bonds. The number of anilines is 1. The van der Waals surface area contributed by atoms with E-state index in [2.05, 4.69) is 41.0 Å². The van der Waals surface area contributed by atoms with Crippen molar-refractivity contribution in [3.8, 4) is 34.8 Å². The molecule has 8 rings (SSSR count). The Hall–Kier alpha value is -5.34. The highest BCUT2D eigenvalue weighted by Crippen LogP contribution is 2.25. The number of nitrogens with one attached hydrogen (secondary N) is 1. The number of aromatic nitrogens is 2. The molecular formula is C59H83N3O12. The van der Waals surface area contributed by atoms with Crippen LogP contribution in [-0.2, 0) is 33.2 Å². The third kappa shape index (κ3) is 25.3. The van der Waals surface area contributed by atoms with Gasteiger partial charge in [0.2, 0.25) is 5.91 Å². The van der Waals surface area contributed by atoms with Crippen molar-refractivity contribution in [2.24, 2.45) is 5.92 Å². The van der Waals surface area contributed by atoms with Gasteiger partial charge in [0.25, 0.3) is 0 Å². The Morgan fingerprint density at radius 3 is 1.51 bits per heavy atom. The van der Waals surface area contributed by atoms with Crippen LogP contribution in [0.3, 0.4) is 0 Å². The zero-order valence-electron chi connectivity index (χ0n) is 44.3. The van der Waals surface area contributed by atoms with E-state index >= 15 is 0 Å². The first-order valence-electron chi connectivity index (χ1n) is 27.3. The van der Waals surface area contributed by atoms with Crippen LogP contribution in [0.4, 0.5) is 5.82 Å². The second kappa shape index (κ2) is 38.2. The van der Waals surface area contributed by atoms with Gasteiger partial charge in [-0.05, 0) is 79.6 Å². The topological polar surface area (TPSA) is 164 Å². The first kappa shape index (κ1) is 59.5. The third-order valence-electron chi connectivity index (χ3n) is 12.2. The number of unbranched alkanes of at least 4 members (excludes halogenated alkanes) is 10. The van der Waals surface area contributed by atoms with Crippen LogP contribution in [0.2, 0.25) is 0 Å². The molecule has 0 spiro atoms. The summed E-state index contributed by atoms with van der Waals surface area (Å²) in [7, 11) is 0. The molecule has 0 aliphatic carbocycles. The molecular weight excluding hydrogens is 943 g/mol. The van der Waals surface area contributed by atoms with Gasteiger partial charge >= 0.3 is 0 Å². The second-order valence-corrected chi connectivity index (χ2v) is 18.2. The van der Waals surface area contributed by atoms with Gasteiger partial charge in [-0.25, -0.2) is 9.97 Å². The Kier molecular flexibility index (Phi) is 30.8. The van der Waals surface area contributed by atoms with Crippen LogP contribution in [0, 0.1) is 17.8 Å². The molecule has 2 aromatic heterocycles. The Morgan fingerprint density at radius 1 is 0.514 bits per heavy atom. The van der Waals surface area contributed by atoms with Crippen molar-refractivity contribution in [1.82, 2.24) is 9.97 Å². The summed E-state index contributed by atoms with van der Waals surface area (Å²) in [5, 5.41) is 3.88. The van der Waals surface area contributed by atoms with Crippen LogP contribution in [-0.4, -0.2) is 127 Å². The number of hydrogen-bond acceptors (Lipinski definition) is 14. The monoisotopic (exact) mass is 1030 g/mol. The highest BCUT2D eigenvalue weighted by atomic mass is 16.6. The smallest absolute Gasteiger partial charge is 0.228 e. The number of Topliss-reactive ketones (excluding diaryl/α,β-unsaturated/α-hetero) is 1. The fourth-order valence-electron chi connectivity index (χ4n) is 8.07. The lowest BCUT2D eigenvalue weighted by Crippen LogP contribution is -2.23. The van der Waals surface area contributed by atoms with E-state index in [-0.39, 0.29) is 30.4 Å². The molecule has 406 valence electrons. The fourth-order valence-corrected chi connectivity index (χ4v) is 8.07. The number of hydrogen-bond donors (Lipinski definition) is 1. The Labute approximate surface area is 440 Å². The van der Waals surface area contributed by atoms with Gasteiger partial charge in [0.15, 0.2) is 11.4 Å². The third-order valence-corrected chi connectivity index (χ3v) is 12.2. The molecule has 74 heavy (non-hydrogen) atoms. The van der Waals surface area contributed by atoms with Gasteiger partial charge in [-0.15, -0.1) is 0 Å². The number of carbonyl (C=O) groups excluding carboxylic acids is 2. The van der Waals surface area contributed by atoms with Crippen molar-refractivity contribution in [3.05, 3.63) is 78.0 Å². The number of pyridine rings is 2. The molecule has 4 aliphatic rings. The van der Waals surface area contributed by atoms with Crippen LogP contribution in [0.1, 0.15) is 133 Å². The van der Waals surface area contributed by atoms with Gasteiger partial charge in [0.1, 0.15) is 60.9 Å². The van der Waals surface area contributed by atoms with Crippen molar-refractivity contribution < 1.29 is 57.0 Å². The van der Waals surface area contributed by atoms with E-state index < -0.39 is 0 Å². The molecule has 2 aromatic carbocycles. The number of rotatable bonds is 19. The fraction of sp³-hybridized carbons (Fsp3) is 0.593. The largest absolute Gasteiger partial charge is 0.491 e. The van der Waals surface area contributed by atoms with Gasteiger partial charge < -0.3 is 52.7 Å². The molecule has 4 aliphatic heterocycles. The highest BCUT2D eigenvalue weighted by molar-refractivity contribution is 5.97. The van der Waals surface area contributed by atoms with Gasteiger partial charge in [-0.2, -0.15) is 0 Å². The molecule has 6 heterocycles.